The molecule has 0 bridgehead atoms. The molecule has 0 aliphatic heterocycles. The van der Waals surface area contributed by atoms with Crippen molar-refractivity contribution in [2.45, 2.75) is 31.1 Å². The molecule has 0 fully saturated rings. The van der Waals surface area contributed by atoms with Gasteiger partial charge in [0.2, 0.25) is 0 Å². The molecule has 1 aromatic carbocycles. The number of sulfonamides is 1. The Hall–Kier alpha value is -2.03. The van der Waals surface area contributed by atoms with Crippen LogP contribution in [-0.4, -0.2) is 42.7 Å². The first kappa shape index (κ1) is 26.0. The summed E-state index contributed by atoms with van der Waals surface area (Å²) in [6, 6.07) is 5.88. The van der Waals surface area contributed by atoms with Crippen molar-refractivity contribution in [2.24, 2.45) is 13.0 Å². The molecule has 0 amide bonds. The van der Waals surface area contributed by atoms with E-state index in [1.807, 2.05) is 13.8 Å². The number of alkyl halides is 3. The predicted molar refractivity (Wildman–Crippen MR) is 96.6 cm³/mol. The molecular formula is C16H21F4N3O5S2. The van der Waals surface area contributed by atoms with E-state index < -0.39 is 25.6 Å². The summed E-state index contributed by atoms with van der Waals surface area (Å²) in [5, 5.41) is 0.135. The maximum atomic E-state index is 13.0. The topological polar surface area (TPSA) is 114 Å². The number of aromatic nitrogens is 2. The van der Waals surface area contributed by atoms with Crippen LogP contribution in [-0.2, 0) is 33.7 Å². The minimum absolute atomic E-state index is 0.135. The minimum atomic E-state index is -6.09. The standard InChI is InChI=1S/C15H20FN3O2S.CHF3O3S/c1-12(2)10-19(11-13-4-6-14(16)7-5-13)22(20,21)15-17-8-9-18(15)3;2-1(3,4)8(5,6)7/h4-9,12H,10-11H2,1-3H3;(H,5,6,7). The van der Waals surface area contributed by atoms with E-state index in [2.05, 4.69) is 4.98 Å². The molecule has 0 radical (unpaired) electrons. The van der Waals surface area contributed by atoms with E-state index in [-0.39, 0.29) is 23.4 Å². The fraction of sp³-hybridized carbons (Fsp3) is 0.438. The molecule has 2 rings (SSSR count). The number of hydrogen-bond donors (Lipinski definition) is 1. The summed E-state index contributed by atoms with van der Waals surface area (Å²) in [6.07, 6.45) is 3.23. The van der Waals surface area contributed by atoms with E-state index >= 15 is 0 Å². The highest BCUT2D eigenvalue weighted by molar-refractivity contribution is 7.88. The molecule has 170 valence electrons. The molecule has 1 heterocycles. The van der Waals surface area contributed by atoms with Gasteiger partial charge in [-0.2, -0.15) is 25.9 Å². The van der Waals surface area contributed by atoms with Crippen LogP contribution in [0.3, 0.4) is 0 Å². The number of nitrogens with one attached hydrogen (secondary N) is 1. The normalized spacial score (nSPS) is 12.7. The van der Waals surface area contributed by atoms with Crippen LogP contribution in [0.2, 0.25) is 0 Å². The van der Waals surface area contributed by atoms with Crippen LogP contribution in [0.15, 0.2) is 41.8 Å². The fourth-order valence-corrected chi connectivity index (χ4v) is 3.92. The monoisotopic (exact) mass is 475 g/mol. The van der Waals surface area contributed by atoms with Crippen LogP contribution in [0, 0.1) is 11.7 Å². The van der Waals surface area contributed by atoms with Gasteiger partial charge in [-0.3, -0.25) is 0 Å². The number of imidazole rings is 1. The highest BCUT2D eigenvalue weighted by atomic mass is 32.2. The molecule has 8 nitrogen and oxygen atoms in total. The molecule has 1 aromatic heterocycles. The van der Waals surface area contributed by atoms with Crippen LogP contribution in [0.25, 0.3) is 0 Å². The summed E-state index contributed by atoms with van der Waals surface area (Å²) < 4.78 is 100. The Morgan fingerprint density at radius 1 is 1.13 bits per heavy atom. The zero-order valence-electron chi connectivity index (χ0n) is 16.2. The Labute approximate surface area is 171 Å². The number of nitrogens with zero attached hydrogens (tertiary/aromatic N) is 2. The van der Waals surface area contributed by atoms with Crippen molar-refractivity contribution >= 4 is 20.1 Å². The Morgan fingerprint density at radius 2 is 1.63 bits per heavy atom. The predicted octanol–water partition coefficient (Wildman–Crippen LogP) is 1.88. The molecule has 30 heavy (non-hydrogen) atoms. The zero-order chi connectivity index (χ0) is 23.3. The molecule has 0 saturated heterocycles. The molecule has 0 saturated carbocycles. The van der Waals surface area contributed by atoms with Crippen molar-refractivity contribution in [3.63, 3.8) is 0 Å². The molecule has 0 spiro atoms. The van der Waals surface area contributed by atoms with E-state index in [0.717, 1.165) is 5.56 Å². The van der Waals surface area contributed by atoms with Crippen LogP contribution < -0.4 is 4.57 Å². The average Bonchev–Trinajstić information content (AvgIpc) is 3.01. The van der Waals surface area contributed by atoms with Gasteiger partial charge in [0.15, 0.2) is 10.1 Å². The number of halogens is 4. The van der Waals surface area contributed by atoms with Crippen molar-refractivity contribution in [3.05, 3.63) is 48.0 Å². The minimum Gasteiger partial charge on any atom is -0.741 e. The zero-order valence-corrected chi connectivity index (χ0v) is 17.9. The van der Waals surface area contributed by atoms with Crippen molar-refractivity contribution < 1.29 is 43.5 Å². The molecule has 1 N–H and O–H groups in total. The van der Waals surface area contributed by atoms with Crippen LogP contribution in [0.4, 0.5) is 17.6 Å². The van der Waals surface area contributed by atoms with Gasteiger partial charge >= 0.3 is 20.7 Å². The second kappa shape index (κ2) is 9.85. The van der Waals surface area contributed by atoms with Gasteiger partial charge in [-0.1, -0.05) is 26.0 Å². The van der Waals surface area contributed by atoms with Crippen LogP contribution in [0.5, 0.6) is 0 Å². The van der Waals surface area contributed by atoms with Crippen molar-refractivity contribution in [1.82, 2.24) is 9.29 Å². The number of H-pyrrole nitrogens is 1. The lowest BCUT2D eigenvalue weighted by molar-refractivity contribution is -0.709. The van der Waals surface area contributed by atoms with Crippen LogP contribution in [0.1, 0.15) is 19.4 Å². The van der Waals surface area contributed by atoms with Gasteiger partial charge in [-0.05, 0) is 23.6 Å². The molecule has 14 heteroatoms. The first-order chi connectivity index (χ1) is 13.6. The summed E-state index contributed by atoms with van der Waals surface area (Å²) in [7, 11) is -8.06. The quantitative estimate of drug-likeness (QED) is 0.297. The highest BCUT2D eigenvalue weighted by Crippen LogP contribution is 2.20. The van der Waals surface area contributed by atoms with Gasteiger partial charge in [0.1, 0.15) is 18.2 Å². The fourth-order valence-electron chi connectivity index (χ4n) is 2.22. The summed E-state index contributed by atoms with van der Waals surface area (Å²) >= 11 is 0. The summed E-state index contributed by atoms with van der Waals surface area (Å²) in [6.45, 7) is 4.52. The maximum absolute atomic E-state index is 13.0. The smallest absolute Gasteiger partial charge is 0.485 e. The number of aromatic amines is 1. The summed E-state index contributed by atoms with van der Waals surface area (Å²) in [5.74, 6) is -0.159. The number of rotatable bonds is 6. The Balaban J connectivity index is 0.000000479. The van der Waals surface area contributed by atoms with E-state index in [9.17, 15) is 26.0 Å². The lowest BCUT2D eigenvalue weighted by Gasteiger charge is -2.21. The summed E-state index contributed by atoms with van der Waals surface area (Å²) in [5.41, 5.74) is -4.90. The van der Waals surface area contributed by atoms with E-state index in [0.29, 0.717) is 6.54 Å². The Bertz CT molecular complexity index is 1030. The largest absolute Gasteiger partial charge is 0.741 e. The second-order valence-electron chi connectivity index (χ2n) is 6.59. The van der Waals surface area contributed by atoms with Gasteiger partial charge in [-0.25, -0.2) is 22.4 Å². The summed E-state index contributed by atoms with van der Waals surface area (Å²) in [4.78, 5) is 2.77. The van der Waals surface area contributed by atoms with Gasteiger partial charge < -0.3 is 4.55 Å². The molecule has 0 unspecified atom stereocenters. The first-order valence-electron chi connectivity index (χ1n) is 8.35. The molecule has 0 atom stereocenters. The lowest BCUT2D eigenvalue weighted by Crippen LogP contribution is -2.41. The van der Waals surface area contributed by atoms with Crippen molar-refractivity contribution in [2.75, 3.05) is 6.54 Å². The number of hydrogen-bond acceptors (Lipinski definition) is 5. The van der Waals surface area contributed by atoms with Crippen molar-refractivity contribution in [1.29, 1.82) is 0 Å². The third kappa shape index (κ3) is 7.34. The molecule has 2 aromatic rings. The van der Waals surface area contributed by atoms with E-state index in [1.54, 1.807) is 31.6 Å². The lowest BCUT2D eigenvalue weighted by atomic mass is 10.2. The second-order valence-corrected chi connectivity index (χ2v) is 9.82. The number of benzene rings is 1. The average molecular weight is 475 g/mol. The first-order valence-corrected chi connectivity index (χ1v) is 11.2. The van der Waals surface area contributed by atoms with Gasteiger partial charge in [0.05, 0.1) is 7.05 Å². The number of aryl methyl sites for hydroxylation is 1. The maximum Gasteiger partial charge on any atom is 0.485 e. The Morgan fingerprint density at radius 3 is 2.00 bits per heavy atom. The van der Waals surface area contributed by atoms with Gasteiger partial charge in [0.25, 0.3) is 0 Å². The third-order valence-corrected chi connectivity index (χ3v) is 5.95. The molecule has 0 aliphatic carbocycles. The third-order valence-electron chi connectivity index (χ3n) is 3.53. The Kier molecular flexibility index (Phi) is 8.54. The molecule has 0 aliphatic rings. The van der Waals surface area contributed by atoms with E-state index in [4.69, 9.17) is 13.0 Å². The van der Waals surface area contributed by atoms with E-state index in [1.165, 1.54) is 21.0 Å². The van der Waals surface area contributed by atoms with Gasteiger partial charge in [0, 0.05) is 13.1 Å². The van der Waals surface area contributed by atoms with Crippen molar-refractivity contribution in [3.8, 4) is 0 Å². The van der Waals surface area contributed by atoms with Gasteiger partial charge in [-0.15, -0.1) is 0 Å². The van der Waals surface area contributed by atoms with Crippen LogP contribution >= 0.6 is 0 Å². The SMILES string of the molecule is CC(C)CN(Cc1ccc(F)cc1)S(=O)(=O)c1[nH]cc[n+]1C.O=S(=O)([O-])C(F)(F)F. The molecular weight excluding hydrogens is 454 g/mol. The highest BCUT2D eigenvalue weighted by Gasteiger charge is 2.37.